The first kappa shape index (κ1) is 12.9. The zero-order chi connectivity index (χ0) is 14.3. The van der Waals surface area contributed by atoms with Crippen LogP contribution in [0.15, 0.2) is 36.4 Å². The highest BCUT2D eigenvalue weighted by Gasteiger charge is 2.49. The van der Waals surface area contributed by atoms with Crippen LogP contribution in [0.1, 0.15) is 17.9 Å². The summed E-state index contributed by atoms with van der Waals surface area (Å²) >= 11 is 0. The molecule has 1 aliphatic heterocycles. The van der Waals surface area contributed by atoms with Gasteiger partial charge in [0.25, 0.3) is 0 Å². The molecule has 0 radical (unpaired) electrons. The van der Waals surface area contributed by atoms with Gasteiger partial charge in [0, 0.05) is 13.0 Å². The van der Waals surface area contributed by atoms with Crippen LogP contribution in [-0.2, 0) is 9.59 Å². The second-order valence-electron chi connectivity index (χ2n) is 5.33. The van der Waals surface area contributed by atoms with Gasteiger partial charge in [0.05, 0.1) is 18.9 Å². The molecular formula is C16H17NO3. The molecule has 1 saturated heterocycles. The first-order valence-electron chi connectivity index (χ1n) is 6.75. The van der Waals surface area contributed by atoms with Gasteiger partial charge in [-0.15, -0.1) is 0 Å². The first-order chi connectivity index (χ1) is 9.63. The van der Waals surface area contributed by atoms with E-state index in [1.807, 2.05) is 36.4 Å². The molecule has 1 heterocycles. The molecule has 3 atom stereocenters. The predicted molar refractivity (Wildman–Crippen MR) is 74.2 cm³/mol. The highest BCUT2D eigenvalue weighted by Crippen LogP contribution is 2.43. The molecule has 0 spiro atoms. The standard InChI is InChI=1S/C16H17NO3/c1-17-15(18)13-8-4-7-12(14(13)16(17)19)10-5-3-6-11(9-10)20-2/h3-7,9,12-14H,8H2,1-2H3/t12-,13-,14+/m1/s1. The van der Waals surface area contributed by atoms with Gasteiger partial charge in [-0.1, -0.05) is 24.3 Å². The molecule has 1 aliphatic carbocycles. The van der Waals surface area contributed by atoms with E-state index in [9.17, 15) is 9.59 Å². The van der Waals surface area contributed by atoms with Gasteiger partial charge in [0.1, 0.15) is 5.75 Å². The van der Waals surface area contributed by atoms with Crippen LogP contribution in [-0.4, -0.2) is 30.9 Å². The summed E-state index contributed by atoms with van der Waals surface area (Å²) in [6.45, 7) is 0. The van der Waals surface area contributed by atoms with E-state index in [2.05, 4.69) is 0 Å². The minimum atomic E-state index is -0.274. The average molecular weight is 271 g/mol. The maximum atomic E-state index is 12.3. The van der Waals surface area contributed by atoms with Crippen molar-refractivity contribution in [1.82, 2.24) is 4.90 Å². The number of methoxy groups -OCH3 is 1. The number of carbonyl (C=O) groups excluding carboxylic acids is 2. The van der Waals surface area contributed by atoms with Crippen molar-refractivity contribution in [2.24, 2.45) is 11.8 Å². The van der Waals surface area contributed by atoms with Crippen molar-refractivity contribution in [2.45, 2.75) is 12.3 Å². The molecule has 104 valence electrons. The molecule has 2 amide bonds. The number of amides is 2. The summed E-state index contributed by atoms with van der Waals surface area (Å²) in [4.78, 5) is 25.7. The molecule has 1 aromatic carbocycles. The van der Waals surface area contributed by atoms with E-state index in [-0.39, 0.29) is 29.6 Å². The lowest BCUT2D eigenvalue weighted by Gasteiger charge is -2.26. The Hall–Kier alpha value is -2.10. The number of imide groups is 1. The minimum absolute atomic E-state index is 0.0507. The van der Waals surface area contributed by atoms with E-state index in [1.54, 1.807) is 14.2 Å². The van der Waals surface area contributed by atoms with Crippen LogP contribution in [0.25, 0.3) is 0 Å². The molecule has 0 N–H and O–H groups in total. The summed E-state index contributed by atoms with van der Waals surface area (Å²) in [6.07, 6.45) is 4.70. The van der Waals surface area contributed by atoms with Crippen LogP contribution < -0.4 is 4.74 Å². The van der Waals surface area contributed by atoms with Crippen LogP contribution in [0.5, 0.6) is 5.75 Å². The van der Waals surface area contributed by atoms with Crippen molar-refractivity contribution in [3.05, 3.63) is 42.0 Å². The number of nitrogens with zero attached hydrogens (tertiary/aromatic N) is 1. The molecule has 2 aliphatic rings. The average Bonchev–Trinajstić information content (AvgIpc) is 2.72. The minimum Gasteiger partial charge on any atom is -0.497 e. The molecular weight excluding hydrogens is 254 g/mol. The molecule has 0 saturated carbocycles. The van der Waals surface area contributed by atoms with Gasteiger partial charge in [0.15, 0.2) is 0 Å². The Kier molecular flexibility index (Phi) is 3.08. The highest BCUT2D eigenvalue weighted by molar-refractivity contribution is 6.05. The van der Waals surface area contributed by atoms with Gasteiger partial charge in [-0.05, 0) is 24.1 Å². The molecule has 0 aromatic heterocycles. The fourth-order valence-corrected chi connectivity index (χ4v) is 3.22. The largest absolute Gasteiger partial charge is 0.497 e. The van der Waals surface area contributed by atoms with Crippen LogP contribution in [0, 0.1) is 11.8 Å². The second kappa shape index (κ2) is 4.78. The smallest absolute Gasteiger partial charge is 0.233 e. The molecule has 0 unspecified atom stereocenters. The number of benzene rings is 1. The molecule has 20 heavy (non-hydrogen) atoms. The van der Waals surface area contributed by atoms with E-state index in [0.29, 0.717) is 6.42 Å². The zero-order valence-electron chi connectivity index (χ0n) is 11.6. The highest BCUT2D eigenvalue weighted by atomic mass is 16.5. The van der Waals surface area contributed by atoms with Crippen molar-refractivity contribution in [1.29, 1.82) is 0 Å². The Morgan fingerprint density at radius 3 is 2.80 bits per heavy atom. The fraction of sp³-hybridized carbons (Fsp3) is 0.375. The van der Waals surface area contributed by atoms with Gasteiger partial charge in [-0.25, -0.2) is 0 Å². The third-order valence-electron chi connectivity index (χ3n) is 4.30. The van der Waals surface area contributed by atoms with Crippen molar-refractivity contribution in [3.63, 3.8) is 0 Å². The van der Waals surface area contributed by atoms with Crippen LogP contribution in [0.4, 0.5) is 0 Å². The number of ether oxygens (including phenoxy) is 1. The van der Waals surface area contributed by atoms with E-state index in [4.69, 9.17) is 4.74 Å². The number of rotatable bonds is 2. The Morgan fingerprint density at radius 2 is 2.05 bits per heavy atom. The predicted octanol–water partition coefficient (Wildman–Crippen LogP) is 1.97. The van der Waals surface area contributed by atoms with Gasteiger partial charge in [-0.2, -0.15) is 0 Å². The van der Waals surface area contributed by atoms with E-state index in [0.717, 1.165) is 11.3 Å². The van der Waals surface area contributed by atoms with Crippen molar-refractivity contribution < 1.29 is 14.3 Å². The number of allylic oxidation sites excluding steroid dienone is 2. The normalized spacial score (nSPS) is 28.7. The third-order valence-corrected chi connectivity index (χ3v) is 4.30. The monoisotopic (exact) mass is 271 g/mol. The van der Waals surface area contributed by atoms with Crippen molar-refractivity contribution in [3.8, 4) is 5.75 Å². The van der Waals surface area contributed by atoms with Crippen molar-refractivity contribution in [2.75, 3.05) is 14.2 Å². The first-order valence-corrected chi connectivity index (χ1v) is 6.75. The van der Waals surface area contributed by atoms with Crippen molar-refractivity contribution >= 4 is 11.8 Å². The SMILES string of the molecule is COc1cccc([C@H]2C=CC[C@H]3C(=O)N(C)C(=O)[C@@H]23)c1. The number of hydrogen-bond donors (Lipinski definition) is 0. The molecule has 1 fully saturated rings. The summed E-state index contributed by atoms with van der Waals surface area (Å²) in [5.74, 6) is 0.0983. The van der Waals surface area contributed by atoms with Crippen LogP contribution >= 0.6 is 0 Å². The maximum absolute atomic E-state index is 12.3. The van der Waals surface area contributed by atoms with Gasteiger partial charge in [-0.3, -0.25) is 14.5 Å². The lowest BCUT2D eigenvalue weighted by atomic mass is 9.74. The molecule has 1 aromatic rings. The van der Waals surface area contributed by atoms with E-state index < -0.39 is 0 Å². The summed E-state index contributed by atoms with van der Waals surface area (Å²) in [5.41, 5.74) is 1.02. The van der Waals surface area contributed by atoms with Crippen LogP contribution in [0.3, 0.4) is 0 Å². The Balaban J connectivity index is 2.00. The van der Waals surface area contributed by atoms with E-state index in [1.165, 1.54) is 4.90 Å². The van der Waals surface area contributed by atoms with Gasteiger partial charge in [0.2, 0.25) is 11.8 Å². The van der Waals surface area contributed by atoms with E-state index >= 15 is 0 Å². The summed E-state index contributed by atoms with van der Waals surface area (Å²) < 4.78 is 5.24. The summed E-state index contributed by atoms with van der Waals surface area (Å²) in [7, 11) is 3.20. The molecule has 4 nitrogen and oxygen atoms in total. The lowest BCUT2D eigenvalue weighted by molar-refractivity contribution is -0.138. The maximum Gasteiger partial charge on any atom is 0.233 e. The zero-order valence-corrected chi connectivity index (χ0v) is 11.6. The lowest BCUT2D eigenvalue weighted by Crippen LogP contribution is -2.28. The Morgan fingerprint density at radius 1 is 1.25 bits per heavy atom. The van der Waals surface area contributed by atoms with Gasteiger partial charge >= 0.3 is 0 Å². The quantitative estimate of drug-likeness (QED) is 0.610. The topological polar surface area (TPSA) is 46.6 Å². The molecule has 3 rings (SSSR count). The Labute approximate surface area is 118 Å². The molecule has 0 bridgehead atoms. The molecule has 4 heteroatoms. The Bertz CT molecular complexity index is 593. The fourth-order valence-electron chi connectivity index (χ4n) is 3.22. The number of likely N-dealkylation sites (tertiary alicyclic amines) is 1. The number of hydrogen-bond acceptors (Lipinski definition) is 3. The summed E-state index contributed by atoms with van der Waals surface area (Å²) in [5, 5.41) is 0. The number of carbonyl (C=O) groups is 2. The van der Waals surface area contributed by atoms with Gasteiger partial charge < -0.3 is 4.74 Å². The second-order valence-corrected chi connectivity index (χ2v) is 5.33. The number of fused-ring (bicyclic) bond motifs is 1. The summed E-state index contributed by atoms with van der Waals surface area (Å²) in [6, 6.07) is 7.71. The van der Waals surface area contributed by atoms with Crippen LogP contribution in [0.2, 0.25) is 0 Å². The third kappa shape index (κ3) is 1.83.